The predicted molar refractivity (Wildman–Crippen MR) is 59.1 cm³/mol. The second-order valence-electron chi connectivity index (χ2n) is 3.01. The lowest BCUT2D eigenvalue weighted by Crippen LogP contribution is -2.19. The fourth-order valence-electron chi connectivity index (χ4n) is 0.699. The first kappa shape index (κ1) is 11.4. The Balaban J connectivity index is 3.10. The SMILES string of the molecule is CN(C)S(C)(=O)=Nc1ccc(Cl)nc1. The fourth-order valence-corrected chi connectivity index (χ4v) is 1.47. The third-order valence-corrected chi connectivity index (χ3v) is 3.79. The molecule has 1 atom stereocenters. The molecule has 0 saturated heterocycles. The van der Waals surface area contributed by atoms with Crippen molar-refractivity contribution in [1.29, 1.82) is 0 Å². The molecule has 1 aromatic rings. The van der Waals surface area contributed by atoms with E-state index in [1.165, 1.54) is 6.20 Å². The zero-order valence-electron chi connectivity index (χ0n) is 8.27. The van der Waals surface area contributed by atoms with Crippen molar-refractivity contribution >= 4 is 27.2 Å². The molecule has 0 N–H and O–H groups in total. The number of nitrogens with zero attached hydrogens (tertiary/aromatic N) is 3. The first-order valence-corrected chi connectivity index (χ1v) is 6.19. The van der Waals surface area contributed by atoms with Crippen LogP contribution in [0.4, 0.5) is 5.69 Å². The summed E-state index contributed by atoms with van der Waals surface area (Å²) in [5, 5.41) is 0.399. The van der Waals surface area contributed by atoms with E-state index in [2.05, 4.69) is 9.35 Å². The zero-order valence-corrected chi connectivity index (χ0v) is 9.84. The summed E-state index contributed by atoms with van der Waals surface area (Å²) in [5.74, 6) is 0. The van der Waals surface area contributed by atoms with Crippen molar-refractivity contribution in [3.05, 3.63) is 23.5 Å². The number of hydrogen-bond acceptors (Lipinski definition) is 3. The minimum absolute atomic E-state index is 0.399. The van der Waals surface area contributed by atoms with E-state index in [0.717, 1.165) is 0 Å². The molecule has 14 heavy (non-hydrogen) atoms. The van der Waals surface area contributed by atoms with Crippen LogP contribution in [-0.2, 0) is 9.92 Å². The van der Waals surface area contributed by atoms with E-state index in [4.69, 9.17) is 11.6 Å². The largest absolute Gasteiger partial charge is 0.242 e. The minimum Gasteiger partial charge on any atom is -0.242 e. The highest BCUT2D eigenvalue weighted by Gasteiger charge is 2.04. The van der Waals surface area contributed by atoms with Gasteiger partial charge < -0.3 is 0 Å². The molecule has 0 saturated carbocycles. The van der Waals surface area contributed by atoms with E-state index in [1.54, 1.807) is 36.8 Å². The molecular formula is C8H12ClN3OS. The summed E-state index contributed by atoms with van der Waals surface area (Å²) >= 11 is 5.61. The lowest BCUT2D eigenvalue weighted by atomic mass is 10.4. The molecule has 0 aliphatic rings. The van der Waals surface area contributed by atoms with Crippen molar-refractivity contribution in [3.63, 3.8) is 0 Å². The normalized spacial score (nSPS) is 15.2. The maximum atomic E-state index is 11.8. The number of rotatable bonds is 2. The van der Waals surface area contributed by atoms with E-state index in [1.807, 2.05) is 0 Å². The number of aromatic nitrogens is 1. The monoisotopic (exact) mass is 233 g/mol. The summed E-state index contributed by atoms with van der Waals surface area (Å²) in [6.07, 6.45) is 3.07. The molecule has 0 spiro atoms. The van der Waals surface area contributed by atoms with E-state index < -0.39 is 9.92 Å². The van der Waals surface area contributed by atoms with E-state index in [-0.39, 0.29) is 0 Å². The van der Waals surface area contributed by atoms with Gasteiger partial charge in [-0.2, -0.15) is 4.36 Å². The van der Waals surface area contributed by atoms with Gasteiger partial charge in [-0.25, -0.2) is 13.5 Å². The predicted octanol–water partition coefficient (Wildman–Crippen LogP) is 1.94. The summed E-state index contributed by atoms with van der Waals surface area (Å²) in [5.41, 5.74) is 0.565. The first-order chi connectivity index (χ1) is 6.42. The Morgan fingerprint density at radius 3 is 2.57 bits per heavy atom. The van der Waals surface area contributed by atoms with Crippen LogP contribution in [0.1, 0.15) is 0 Å². The third-order valence-electron chi connectivity index (χ3n) is 1.66. The van der Waals surface area contributed by atoms with Gasteiger partial charge in [-0.3, -0.25) is 0 Å². The van der Waals surface area contributed by atoms with Crippen LogP contribution in [-0.4, -0.2) is 33.8 Å². The standard InChI is InChI=1S/C8H12ClN3OS/c1-12(2)14(3,13)11-7-4-5-8(9)10-6-7/h4-6H,1-3H3. The Labute approximate surface area is 89.2 Å². The highest BCUT2D eigenvalue weighted by molar-refractivity contribution is 7.90. The van der Waals surface area contributed by atoms with Crippen LogP contribution < -0.4 is 0 Å². The maximum absolute atomic E-state index is 11.8. The van der Waals surface area contributed by atoms with E-state index in [9.17, 15) is 4.21 Å². The van der Waals surface area contributed by atoms with Crippen molar-refractivity contribution in [2.75, 3.05) is 20.4 Å². The smallest absolute Gasteiger partial charge is 0.129 e. The molecule has 1 unspecified atom stereocenters. The van der Waals surface area contributed by atoms with Gasteiger partial charge in [-0.15, -0.1) is 0 Å². The molecular weight excluding hydrogens is 222 g/mol. The topological polar surface area (TPSA) is 45.6 Å². The Bertz CT molecular complexity index is 421. The Hall–Kier alpha value is -0.650. The van der Waals surface area contributed by atoms with Crippen molar-refractivity contribution < 1.29 is 4.21 Å². The van der Waals surface area contributed by atoms with Crippen LogP contribution in [0.3, 0.4) is 0 Å². The van der Waals surface area contributed by atoms with Crippen molar-refractivity contribution in [2.45, 2.75) is 0 Å². The molecule has 4 nitrogen and oxygen atoms in total. The van der Waals surface area contributed by atoms with Crippen LogP contribution in [0.5, 0.6) is 0 Å². The molecule has 1 aromatic heterocycles. The molecule has 0 aliphatic heterocycles. The quantitative estimate of drug-likeness (QED) is 0.733. The van der Waals surface area contributed by atoms with Crippen LogP contribution in [0, 0.1) is 0 Å². The average Bonchev–Trinajstić information content (AvgIpc) is 2.08. The number of pyridine rings is 1. The lowest BCUT2D eigenvalue weighted by Gasteiger charge is -2.11. The Morgan fingerprint density at radius 2 is 2.14 bits per heavy atom. The molecule has 0 aliphatic carbocycles. The van der Waals surface area contributed by atoms with Gasteiger partial charge in [0.2, 0.25) is 0 Å². The van der Waals surface area contributed by atoms with Crippen LogP contribution in [0.25, 0.3) is 0 Å². The van der Waals surface area contributed by atoms with Gasteiger partial charge >= 0.3 is 0 Å². The van der Waals surface area contributed by atoms with Gasteiger partial charge in [0, 0.05) is 20.4 Å². The van der Waals surface area contributed by atoms with E-state index in [0.29, 0.717) is 10.8 Å². The summed E-state index contributed by atoms with van der Waals surface area (Å²) in [6.45, 7) is 0. The minimum atomic E-state index is -2.34. The third kappa shape index (κ3) is 2.94. The van der Waals surface area contributed by atoms with E-state index >= 15 is 0 Å². The lowest BCUT2D eigenvalue weighted by molar-refractivity contribution is 0.598. The van der Waals surface area contributed by atoms with Gasteiger partial charge in [-0.05, 0) is 12.1 Å². The average molecular weight is 234 g/mol. The fraction of sp³-hybridized carbons (Fsp3) is 0.375. The molecule has 0 radical (unpaired) electrons. The Morgan fingerprint density at radius 1 is 1.50 bits per heavy atom. The first-order valence-electron chi connectivity index (χ1n) is 3.93. The van der Waals surface area contributed by atoms with Crippen molar-refractivity contribution in [2.24, 2.45) is 4.36 Å². The summed E-state index contributed by atoms with van der Waals surface area (Å²) < 4.78 is 17.5. The molecule has 1 heterocycles. The van der Waals surface area contributed by atoms with Crippen LogP contribution >= 0.6 is 11.6 Å². The van der Waals surface area contributed by atoms with Gasteiger partial charge in [0.25, 0.3) is 0 Å². The highest BCUT2D eigenvalue weighted by atomic mass is 35.5. The van der Waals surface area contributed by atoms with Gasteiger partial charge in [-0.1, -0.05) is 11.6 Å². The molecule has 1 rings (SSSR count). The van der Waals surface area contributed by atoms with Gasteiger partial charge in [0.15, 0.2) is 0 Å². The summed E-state index contributed by atoms with van der Waals surface area (Å²) in [4.78, 5) is 3.85. The van der Waals surface area contributed by atoms with Crippen molar-refractivity contribution in [1.82, 2.24) is 9.29 Å². The van der Waals surface area contributed by atoms with Crippen LogP contribution in [0.15, 0.2) is 22.7 Å². The molecule has 0 bridgehead atoms. The number of halogens is 1. The van der Waals surface area contributed by atoms with Crippen molar-refractivity contribution in [3.8, 4) is 0 Å². The molecule has 0 fully saturated rings. The van der Waals surface area contributed by atoms with Gasteiger partial charge in [0.05, 0.1) is 11.9 Å². The van der Waals surface area contributed by atoms with Gasteiger partial charge in [0.1, 0.15) is 15.1 Å². The molecule has 6 heteroatoms. The molecule has 78 valence electrons. The number of hydrogen-bond donors (Lipinski definition) is 0. The molecule has 0 aromatic carbocycles. The zero-order chi connectivity index (χ0) is 10.8. The second kappa shape index (κ2) is 4.25. The highest BCUT2D eigenvalue weighted by Crippen LogP contribution is 2.15. The molecule has 0 amide bonds. The van der Waals surface area contributed by atoms with Crippen LogP contribution in [0.2, 0.25) is 5.15 Å². The Kier molecular flexibility index (Phi) is 3.47. The maximum Gasteiger partial charge on any atom is 0.129 e. The summed E-state index contributed by atoms with van der Waals surface area (Å²) in [7, 11) is 1.10. The summed E-state index contributed by atoms with van der Waals surface area (Å²) in [6, 6.07) is 3.30. The second-order valence-corrected chi connectivity index (χ2v) is 5.83.